The van der Waals surface area contributed by atoms with Crippen LogP contribution in [-0.2, 0) is 8.85 Å². The SMILES string of the molecule is C[Si](C)(C)OC1c2ccccc2N(C(N)=O)c2ccccc2C1O[Si](C)(C)C. The molecule has 1 aliphatic heterocycles. The minimum absolute atomic E-state index is 0.305. The number of rotatable bonds is 4. The highest BCUT2D eigenvalue weighted by Gasteiger charge is 2.41. The molecule has 7 heteroatoms. The molecule has 0 spiro atoms. The fraction of sp³-hybridized carbons (Fsp3) is 0.381. The molecule has 2 aromatic rings. The summed E-state index contributed by atoms with van der Waals surface area (Å²) in [4.78, 5) is 14.1. The van der Waals surface area contributed by atoms with Crippen LogP contribution < -0.4 is 10.6 Å². The van der Waals surface area contributed by atoms with E-state index < -0.39 is 22.7 Å². The number of para-hydroxylation sites is 2. The van der Waals surface area contributed by atoms with Gasteiger partial charge in [-0.2, -0.15) is 0 Å². The van der Waals surface area contributed by atoms with Crippen molar-refractivity contribution in [2.24, 2.45) is 5.73 Å². The molecule has 2 aromatic carbocycles. The van der Waals surface area contributed by atoms with E-state index in [-0.39, 0.29) is 12.2 Å². The molecule has 2 unspecified atom stereocenters. The molecule has 0 saturated carbocycles. The summed E-state index contributed by atoms with van der Waals surface area (Å²) in [6.07, 6.45) is -0.611. The first-order valence-electron chi connectivity index (χ1n) is 9.61. The second-order valence-electron chi connectivity index (χ2n) is 9.09. The molecule has 0 fully saturated rings. The van der Waals surface area contributed by atoms with Gasteiger partial charge in [0.05, 0.1) is 11.4 Å². The number of fused-ring (bicyclic) bond motifs is 2. The predicted molar refractivity (Wildman–Crippen MR) is 119 cm³/mol. The fourth-order valence-corrected chi connectivity index (χ4v) is 5.59. The Labute approximate surface area is 169 Å². The van der Waals surface area contributed by atoms with Crippen molar-refractivity contribution in [1.29, 1.82) is 0 Å². The topological polar surface area (TPSA) is 64.8 Å². The van der Waals surface area contributed by atoms with Crippen LogP contribution in [0.3, 0.4) is 0 Å². The van der Waals surface area contributed by atoms with Gasteiger partial charge in [0, 0.05) is 11.1 Å². The minimum atomic E-state index is -1.92. The van der Waals surface area contributed by atoms with Crippen molar-refractivity contribution in [1.82, 2.24) is 0 Å². The molecule has 0 bridgehead atoms. The number of benzene rings is 2. The maximum absolute atomic E-state index is 12.5. The Kier molecular flexibility index (Phi) is 5.55. The highest BCUT2D eigenvalue weighted by Crippen LogP contribution is 2.49. The van der Waals surface area contributed by atoms with Crippen LogP contribution in [-0.4, -0.2) is 22.7 Å². The smallest absolute Gasteiger partial charge is 0.323 e. The molecule has 2 atom stereocenters. The lowest BCUT2D eigenvalue weighted by Crippen LogP contribution is -2.35. The van der Waals surface area contributed by atoms with Crippen LogP contribution in [0, 0.1) is 0 Å². The quantitative estimate of drug-likeness (QED) is 0.652. The first kappa shape index (κ1) is 20.8. The van der Waals surface area contributed by atoms with Crippen LogP contribution in [0.5, 0.6) is 0 Å². The maximum Gasteiger partial charge on any atom is 0.323 e. The zero-order chi connectivity index (χ0) is 20.7. The molecular weight excluding hydrogens is 384 g/mol. The van der Waals surface area contributed by atoms with Gasteiger partial charge in [-0.25, -0.2) is 4.79 Å². The predicted octanol–water partition coefficient (Wildman–Crippen LogP) is 5.70. The van der Waals surface area contributed by atoms with E-state index in [4.69, 9.17) is 14.6 Å². The molecular formula is C21H30N2O3Si2. The zero-order valence-electron chi connectivity index (χ0n) is 17.5. The van der Waals surface area contributed by atoms with Crippen LogP contribution in [0.2, 0.25) is 39.3 Å². The summed E-state index contributed by atoms with van der Waals surface area (Å²) in [7, 11) is -3.84. The lowest BCUT2D eigenvalue weighted by Gasteiger charge is -2.36. The molecule has 1 aliphatic rings. The largest absolute Gasteiger partial charge is 0.408 e. The summed E-state index contributed by atoms with van der Waals surface area (Å²) >= 11 is 0. The molecule has 2 amide bonds. The van der Waals surface area contributed by atoms with Crippen molar-refractivity contribution in [2.75, 3.05) is 4.90 Å². The van der Waals surface area contributed by atoms with Crippen LogP contribution >= 0.6 is 0 Å². The lowest BCUT2D eigenvalue weighted by atomic mass is 9.98. The van der Waals surface area contributed by atoms with Crippen LogP contribution in [0.25, 0.3) is 0 Å². The molecule has 150 valence electrons. The van der Waals surface area contributed by atoms with Crippen molar-refractivity contribution in [3.63, 3.8) is 0 Å². The van der Waals surface area contributed by atoms with E-state index in [2.05, 4.69) is 39.3 Å². The summed E-state index contributed by atoms with van der Waals surface area (Å²) in [5, 5.41) is 0. The van der Waals surface area contributed by atoms with E-state index in [1.807, 2.05) is 48.5 Å². The van der Waals surface area contributed by atoms with Gasteiger partial charge in [-0.1, -0.05) is 36.4 Å². The van der Waals surface area contributed by atoms with E-state index in [0.717, 1.165) is 22.5 Å². The first-order valence-corrected chi connectivity index (χ1v) is 16.4. The third-order valence-electron chi connectivity index (χ3n) is 4.42. The number of urea groups is 1. The van der Waals surface area contributed by atoms with Crippen molar-refractivity contribution in [3.05, 3.63) is 59.7 Å². The highest BCUT2D eigenvalue weighted by atomic mass is 28.4. The van der Waals surface area contributed by atoms with Crippen molar-refractivity contribution in [3.8, 4) is 0 Å². The highest BCUT2D eigenvalue weighted by molar-refractivity contribution is 6.70. The van der Waals surface area contributed by atoms with E-state index >= 15 is 0 Å². The number of amides is 2. The van der Waals surface area contributed by atoms with Gasteiger partial charge >= 0.3 is 6.03 Å². The van der Waals surface area contributed by atoms with Gasteiger partial charge in [-0.15, -0.1) is 0 Å². The van der Waals surface area contributed by atoms with Crippen molar-refractivity contribution >= 4 is 34.0 Å². The molecule has 0 saturated heterocycles. The second kappa shape index (κ2) is 7.47. The molecule has 3 rings (SSSR count). The van der Waals surface area contributed by atoms with Crippen LogP contribution in [0.4, 0.5) is 16.2 Å². The fourth-order valence-electron chi connectivity index (χ4n) is 3.57. The summed E-state index contributed by atoms with van der Waals surface area (Å²) < 4.78 is 13.4. The molecule has 2 N–H and O–H groups in total. The van der Waals surface area contributed by atoms with E-state index in [1.165, 1.54) is 0 Å². The normalized spacial score (nSPS) is 19.6. The van der Waals surface area contributed by atoms with Crippen LogP contribution in [0.15, 0.2) is 48.5 Å². The van der Waals surface area contributed by atoms with E-state index in [1.54, 1.807) is 4.90 Å². The Morgan fingerprint density at radius 1 is 0.786 bits per heavy atom. The molecule has 28 heavy (non-hydrogen) atoms. The van der Waals surface area contributed by atoms with Gasteiger partial charge in [-0.05, 0) is 51.4 Å². The lowest BCUT2D eigenvalue weighted by molar-refractivity contribution is 0.0437. The molecule has 0 aromatic heterocycles. The van der Waals surface area contributed by atoms with Gasteiger partial charge in [0.15, 0.2) is 16.6 Å². The first-order chi connectivity index (χ1) is 13.0. The molecule has 1 heterocycles. The Morgan fingerprint density at radius 2 is 1.14 bits per heavy atom. The monoisotopic (exact) mass is 414 g/mol. The van der Waals surface area contributed by atoms with Gasteiger partial charge in [0.2, 0.25) is 0 Å². The zero-order valence-corrected chi connectivity index (χ0v) is 19.5. The maximum atomic E-state index is 12.5. The van der Waals surface area contributed by atoms with Crippen molar-refractivity contribution < 1.29 is 13.6 Å². The number of anilines is 2. The van der Waals surface area contributed by atoms with Gasteiger partial charge in [0.25, 0.3) is 0 Å². The third kappa shape index (κ3) is 4.38. The Balaban J connectivity index is 2.32. The number of nitrogens with zero attached hydrogens (tertiary/aromatic N) is 1. The summed E-state index contributed by atoms with van der Waals surface area (Å²) in [5.41, 5.74) is 9.22. The minimum Gasteiger partial charge on any atom is -0.408 e. The molecule has 0 radical (unpaired) electrons. The number of carbonyl (C=O) groups is 1. The summed E-state index contributed by atoms with van der Waals surface area (Å²) in [5.74, 6) is 0. The van der Waals surface area contributed by atoms with Gasteiger partial charge in [-0.3, -0.25) is 4.90 Å². The number of hydrogen-bond acceptors (Lipinski definition) is 3. The Morgan fingerprint density at radius 3 is 1.46 bits per heavy atom. The number of nitrogens with two attached hydrogens (primary N) is 1. The summed E-state index contributed by atoms with van der Waals surface area (Å²) in [6.45, 7) is 13.0. The number of hydrogen-bond donors (Lipinski definition) is 1. The van der Waals surface area contributed by atoms with Gasteiger partial charge < -0.3 is 14.6 Å². The average molecular weight is 415 g/mol. The number of primary amides is 1. The second-order valence-corrected chi connectivity index (χ2v) is 18.0. The summed E-state index contributed by atoms with van der Waals surface area (Å²) in [6, 6.07) is 15.2. The third-order valence-corrected chi connectivity index (χ3v) is 6.35. The molecule has 0 aliphatic carbocycles. The Hall–Kier alpha value is -1.94. The average Bonchev–Trinajstić information content (AvgIpc) is 2.67. The van der Waals surface area contributed by atoms with E-state index in [0.29, 0.717) is 0 Å². The van der Waals surface area contributed by atoms with Gasteiger partial charge in [0.1, 0.15) is 12.2 Å². The Bertz CT molecular complexity index is 809. The standard InChI is InChI=1S/C21H30N2O3Si2/c1-27(2,3)25-19-15-11-7-9-13-17(15)23(21(22)24)18-14-10-8-12-16(18)20(19)26-28(4,5)6/h7-14,19-20H,1-6H3,(H2,22,24). The van der Waals surface area contributed by atoms with E-state index in [9.17, 15) is 4.79 Å². The van der Waals surface area contributed by atoms with Crippen molar-refractivity contribution in [2.45, 2.75) is 51.5 Å². The number of carbonyl (C=O) groups excluding carboxylic acids is 1. The molecule has 5 nitrogen and oxygen atoms in total. The van der Waals surface area contributed by atoms with Crippen LogP contribution in [0.1, 0.15) is 23.3 Å².